The Balaban J connectivity index is 1.88. The maximum absolute atomic E-state index is 8.77. The van der Waals surface area contributed by atoms with Crippen molar-refractivity contribution in [3.05, 3.63) is 16.1 Å². The van der Waals surface area contributed by atoms with Gasteiger partial charge >= 0.3 is 0 Å². The second-order valence-electron chi connectivity index (χ2n) is 3.53. The number of nitrogens with zero attached hydrogens (tertiary/aromatic N) is 1. The zero-order valence-electron chi connectivity index (χ0n) is 8.11. The van der Waals surface area contributed by atoms with Gasteiger partial charge in [-0.15, -0.1) is 11.3 Å². The van der Waals surface area contributed by atoms with Gasteiger partial charge in [0.2, 0.25) is 0 Å². The molecule has 4 heteroatoms. The Labute approximate surface area is 87.7 Å². The minimum Gasteiger partial charge on any atom is -0.396 e. The van der Waals surface area contributed by atoms with Crippen LogP contribution in [-0.4, -0.2) is 29.4 Å². The fraction of sp³-hybridized carbons (Fsp3) is 0.700. The monoisotopic (exact) mass is 213 g/mol. The Kier molecular flexibility index (Phi) is 3.50. The van der Waals surface area contributed by atoms with Crippen LogP contribution in [0.2, 0.25) is 0 Å². The maximum atomic E-state index is 8.77. The lowest BCUT2D eigenvalue weighted by atomic mass is 10.2. The van der Waals surface area contributed by atoms with E-state index in [0.717, 1.165) is 30.9 Å². The molecule has 1 fully saturated rings. The van der Waals surface area contributed by atoms with Crippen LogP contribution in [0, 0.1) is 0 Å². The Morgan fingerprint density at radius 1 is 1.64 bits per heavy atom. The van der Waals surface area contributed by atoms with Crippen LogP contribution in [0.4, 0.5) is 0 Å². The molecule has 78 valence electrons. The molecule has 2 rings (SSSR count). The third kappa shape index (κ3) is 2.53. The fourth-order valence-corrected chi connectivity index (χ4v) is 2.64. The molecule has 2 heterocycles. The molecule has 1 aromatic heterocycles. The summed E-state index contributed by atoms with van der Waals surface area (Å²) in [5.74, 6) is 0. The van der Waals surface area contributed by atoms with Gasteiger partial charge in [0.15, 0.2) is 0 Å². The Hall–Kier alpha value is -0.450. The normalized spacial score (nSPS) is 21.6. The van der Waals surface area contributed by atoms with Gasteiger partial charge in [0.1, 0.15) is 0 Å². The van der Waals surface area contributed by atoms with Gasteiger partial charge in [-0.3, -0.25) is 0 Å². The van der Waals surface area contributed by atoms with Gasteiger partial charge in [0.25, 0.3) is 0 Å². The van der Waals surface area contributed by atoms with E-state index in [0.29, 0.717) is 6.10 Å². The largest absolute Gasteiger partial charge is 0.396 e. The smallest absolute Gasteiger partial charge is 0.0953 e. The van der Waals surface area contributed by atoms with Gasteiger partial charge in [-0.05, 0) is 12.8 Å². The van der Waals surface area contributed by atoms with Crippen LogP contribution in [0.3, 0.4) is 0 Å². The Morgan fingerprint density at radius 2 is 2.57 bits per heavy atom. The van der Waals surface area contributed by atoms with E-state index in [1.807, 2.05) is 6.20 Å². The summed E-state index contributed by atoms with van der Waals surface area (Å²) in [6, 6.07) is 0. The first-order valence-electron chi connectivity index (χ1n) is 5.04. The van der Waals surface area contributed by atoms with Crippen LogP contribution < -0.4 is 0 Å². The first kappa shape index (κ1) is 10.1. The first-order valence-corrected chi connectivity index (χ1v) is 5.86. The summed E-state index contributed by atoms with van der Waals surface area (Å²) in [7, 11) is 0. The number of aliphatic hydroxyl groups excluding tert-OH is 1. The number of hydrogen-bond acceptors (Lipinski definition) is 4. The third-order valence-electron chi connectivity index (χ3n) is 2.39. The Morgan fingerprint density at radius 3 is 3.29 bits per heavy atom. The number of aliphatic hydroxyl groups is 1. The van der Waals surface area contributed by atoms with Gasteiger partial charge < -0.3 is 9.84 Å². The molecule has 1 N–H and O–H groups in total. The van der Waals surface area contributed by atoms with E-state index in [9.17, 15) is 0 Å². The summed E-state index contributed by atoms with van der Waals surface area (Å²) in [6.45, 7) is 1.11. The summed E-state index contributed by atoms with van der Waals surface area (Å²) >= 11 is 1.69. The van der Waals surface area contributed by atoms with Crippen LogP contribution in [0.15, 0.2) is 6.20 Å². The number of rotatable bonds is 4. The number of ether oxygens (including phenoxy) is 1. The standard InChI is InChI=1S/C10H15NO2S/c12-4-3-9-7-11-10(14-9)6-8-2-1-5-13-8/h7-8,12H,1-6H2. The molecule has 1 aromatic rings. The van der Waals surface area contributed by atoms with Crippen molar-refractivity contribution in [1.29, 1.82) is 0 Å². The predicted molar refractivity (Wildman–Crippen MR) is 55.6 cm³/mol. The van der Waals surface area contributed by atoms with Crippen LogP contribution >= 0.6 is 11.3 Å². The number of hydrogen-bond donors (Lipinski definition) is 1. The average molecular weight is 213 g/mol. The number of thiazole rings is 1. The van der Waals surface area contributed by atoms with Crippen molar-refractivity contribution in [1.82, 2.24) is 4.98 Å². The fourth-order valence-electron chi connectivity index (χ4n) is 1.67. The summed E-state index contributed by atoms with van der Waals surface area (Å²) in [5.41, 5.74) is 0. The zero-order chi connectivity index (χ0) is 9.80. The van der Waals surface area contributed by atoms with Crippen molar-refractivity contribution >= 4 is 11.3 Å². The van der Waals surface area contributed by atoms with E-state index in [1.165, 1.54) is 11.3 Å². The molecule has 14 heavy (non-hydrogen) atoms. The van der Waals surface area contributed by atoms with E-state index in [1.54, 1.807) is 11.3 Å². The van der Waals surface area contributed by atoms with Crippen LogP contribution in [0.5, 0.6) is 0 Å². The van der Waals surface area contributed by atoms with Crippen molar-refractivity contribution < 1.29 is 9.84 Å². The molecular formula is C10H15NO2S. The second kappa shape index (κ2) is 4.87. The molecule has 1 saturated heterocycles. The summed E-state index contributed by atoms with van der Waals surface area (Å²) in [6.07, 6.45) is 6.25. The topological polar surface area (TPSA) is 42.4 Å². The minimum atomic E-state index is 0.210. The first-order chi connectivity index (χ1) is 6.88. The average Bonchev–Trinajstić information content (AvgIpc) is 2.79. The van der Waals surface area contributed by atoms with Crippen molar-refractivity contribution in [2.45, 2.75) is 31.8 Å². The van der Waals surface area contributed by atoms with Crippen molar-refractivity contribution in [2.75, 3.05) is 13.2 Å². The highest BCUT2D eigenvalue weighted by Crippen LogP contribution is 2.20. The van der Waals surface area contributed by atoms with Gasteiger partial charge in [-0.2, -0.15) is 0 Å². The molecule has 0 bridgehead atoms. The molecule has 1 aliphatic heterocycles. The Bertz CT molecular complexity index is 281. The lowest BCUT2D eigenvalue weighted by molar-refractivity contribution is 0.111. The summed E-state index contributed by atoms with van der Waals surface area (Å²) in [4.78, 5) is 5.49. The summed E-state index contributed by atoms with van der Waals surface area (Å²) < 4.78 is 5.54. The highest BCUT2D eigenvalue weighted by atomic mass is 32.1. The SMILES string of the molecule is OCCc1cnc(CC2CCCO2)s1. The van der Waals surface area contributed by atoms with E-state index >= 15 is 0 Å². The summed E-state index contributed by atoms with van der Waals surface area (Å²) in [5, 5.41) is 9.91. The lowest BCUT2D eigenvalue weighted by Gasteiger charge is -2.05. The zero-order valence-corrected chi connectivity index (χ0v) is 8.92. The van der Waals surface area contributed by atoms with Crippen LogP contribution in [0.1, 0.15) is 22.7 Å². The van der Waals surface area contributed by atoms with Crippen molar-refractivity contribution in [3.8, 4) is 0 Å². The van der Waals surface area contributed by atoms with Crippen LogP contribution in [0.25, 0.3) is 0 Å². The lowest BCUT2D eigenvalue weighted by Crippen LogP contribution is -2.08. The van der Waals surface area contributed by atoms with E-state index in [4.69, 9.17) is 9.84 Å². The molecule has 0 amide bonds. The van der Waals surface area contributed by atoms with Crippen LogP contribution in [-0.2, 0) is 17.6 Å². The van der Waals surface area contributed by atoms with Gasteiger partial charge in [-0.1, -0.05) is 0 Å². The maximum Gasteiger partial charge on any atom is 0.0953 e. The minimum absolute atomic E-state index is 0.210. The van der Waals surface area contributed by atoms with Gasteiger partial charge in [0.05, 0.1) is 11.1 Å². The van der Waals surface area contributed by atoms with E-state index in [2.05, 4.69) is 4.98 Å². The molecule has 0 saturated carbocycles. The molecule has 0 aromatic carbocycles. The third-order valence-corrected chi connectivity index (χ3v) is 3.47. The van der Waals surface area contributed by atoms with E-state index in [-0.39, 0.29) is 6.61 Å². The molecular weight excluding hydrogens is 198 g/mol. The van der Waals surface area contributed by atoms with E-state index < -0.39 is 0 Å². The molecule has 0 aliphatic carbocycles. The van der Waals surface area contributed by atoms with Crippen molar-refractivity contribution in [2.24, 2.45) is 0 Å². The highest BCUT2D eigenvalue weighted by Gasteiger charge is 2.17. The molecule has 1 unspecified atom stereocenters. The van der Waals surface area contributed by atoms with Crippen molar-refractivity contribution in [3.63, 3.8) is 0 Å². The molecule has 1 aliphatic rings. The molecule has 3 nitrogen and oxygen atoms in total. The second-order valence-corrected chi connectivity index (χ2v) is 4.73. The molecule has 0 radical (unpaired) electrons. The molecule has 1 atom stereocenters. The number of aromatic nitrogens is 1. The highest BCUT2D eigenvalue weighted by molar-refractivity contribution is 7.11. The predicted octanol–water partition coefficient (Wildman–Crippen LogP) is 1.40. The van der Waals surface area contributed by atoms with Gasteiger partial charge in [0, 0.05) is 37.1 Å². The quantitative estimate of drug-likeness (QED) is 0.822. The molecule has 0 spiro atoms. The van der Waals surface area contributed by atoms with Gasteiger partial charge in [-0.25, -0.2) is 4.98 Å².